The summed E-state index contributed by atoms with van der Waals surface area (Å²) in [6.07, 6.45) is 0.593. The molecule has 1 aromatic carbocycles. The van der Waals surface area contributed by atoms with Crippen molar-refractivity contribution >= 4 is 39.3 Å². The number of primary amides is 1. The van der Waals surface area contributed by atoms with E-state index >= 15 is 0 Å². The molecule has 2 N–H and O–H groups in total. The van der Waals surface area contributed by atoms with Crippen LogP contribution < -0.4 is 5.73 Å². The molecule has 19 heavy (non-hydrogen) atoms. The van der Waals surface area contributed by atoms with Crippen molar-refractivity contribution in [2.45, 2.75) is 13.3 Å². The molecule has 0 aromatic heterocycles. The van der Waals surface area contributed by atoms with Crippen LogP contribution in [0, 0.1) is 5.41 Å². The van der Waals surface area contributed by atoms with Crippen LogP contribution in [0.4, 0.5) is 0 Å². The molecular weight excluding hydrogens is 332 g/mol. The third-order valence-corrected chi connectivity index (χ3v) is 4.14. The predicted molar refractivity (Wildman–Crippen MR) is 77.0 cm³/mol. The summed E-state index contributed by atoms with van der Waals surface area (Å²) in [5.41, 5.74) is 5.25. The topological polar surface area (TPSA) is 63.4 Å². The number of hydrogen-bond donors (Lipinski definition) is 1. The number of nitrogens with two attached hydrogens (primary N) is 1. The van der Waals surface area contributed by atoms with Crippen LogP contribution in [-0.2, 0) is 4.79 Å². The molecule has 0 aliphatic carbocycles. The Morgan fingerprint density at radius 1 is 1.42 bits per heavy atom. The van der Waals surface area contributed by atoms with Crippen LogP contribution in [0.1, 0.15) is 23.7 Å². The van der Waals surface area contributed by atoms with E-state index < -0.39 is 5.41 Å². The van der Waals surface area contributed by atoms with Crippen LogP contribution in [-0.4, -0.2) is 29.8 Å². The summed E-state index contributed by atoms with van der Waals surface area (Å²) in [5, 5.41) is 0.495. The van der Waals surface area contributed by atoms with Crippen molar-refractivity contribution in [1.29, 1.82) is 0 Å². The van der Waals surface area contributed by atoms with Gasteiger partial charge < -0.3 is 10.6 Å². The van der Waals surface area contributed by atoms with E-state index in [1.165, 1.54) is 0 Å². The van der Waals surface area contributed by atoms with E-state index in [2.05, 4.69) is 15.9 Å². The van der Waals surface area contributed by atoms with Crippen LogP contribution in [0.3, 0.4) is 0 Å². The standard InChI is InChI=1S/C13H14BrClN2O2/c1-13(12(16)19)2-3-17(7-13)11(18)8-4-9(14)6-10(15)5-8/h4-6H,2-3,7H2,1H3,(H2,16,19). The van der Waals surface area contributed by atoms with Crippen molar-refractivity contribution in [3.05, 3.63) is 33.3 Å². The molecule has 2 amide bonds. The summed E-state index contributed by atoms with van der Waals surface area (Å²) < 4.78 is 0.750. The number of amides is 2. The molecule has 1 heterocycles. The van der Waals surface area contributed by atoms with Crippen molar-refractivity contribution in [3.63, 3.8) is 0 Å². The smallest absolute Gasteiger partial charge is 0.253 e. The minimum atomic E-state index is -0.633. The molecular formula is C13H14BrClN2O2. The van der Waals surface area contributed by atoms with Gasteiger partial charge in [0, 0.05) is 28.1 Å². The summed E-state index contributed by atoms with van der Waals surface area (Å²) in [6.45, 7) is 2.67. The zero-order chi connectivity index (χ0) is 14.2. The van der Waals surface area contributed by atoms with Gasteiger partial charge in [0.1, 0.15) is 0 Å². The fraction of sp³-hybridized carbons (Fsp3) is 0.385. The Kier molecular flexibility index (Phi) is 3.87. The summed E-state index contributed by atoms with van der Waals surface area (Å²) in [7, 11) is 0. The van der Waals surface area contributed by atoms with Gasteiger partial charge >= 0.3 is 0 Å². The third-order valence-electron chi connectivity index (χ3n) is 3.46. The molecule has 0 radical (unpaired) electrons. The molecule has 1 unspecified atom stereocenters. The maximum absolute atomic E-state index is 12.4. The molecule has 0 spiro atoms. The van der Waals surface area contributed by atoms with Gasteiger partial charge in [-0.15, -0.1) is 0 Å². The molecule has 4 nitrogen and oxygen atoms in total. The van der Waals surface area contributed by atoms with Gasteiger partial charge in [-0.3, -0.25) is 9.59 Å². The van der Waals surface area contributed by atoms with Gasteiger partial charge in [-0.1, -0.05) is 27.5 Å². The minimum absolute atomic E-state index is 0.131. The number of benzene rings is 1. The number of rotatable bonds is 2. The Labute approximate surface area is 125 Å². The van der Waals surface area contributed by atoms with E-state index in [-0.39, 0.29) is 11.8 Å². The maximum Gasteiger partial charge on any atom is 0.253 e. The van der Waals surface area contributed by atoms with Crippen molar-refractivity contribution < 1.29 is 9.59 Å². The van der Waals surface area contributed by atoms with Crippen molar-refractivity contribution in [1.82, 2.24) is 4.90 Å². The number of carbonyl (C=O) groups excluding carboxylic acids is 2. The zero-order valence-corrected chi connectivity index (χ0v) is 12.8. The van der Waals surface area contributed by atoms with Crippen LogP contribution in [0.2, 0.25) is 5.02 Å². The summed E-state index contributed by atoms with van der Waals surface area (Å²) in [6, 6.07) is 5.05. The van der Waals surface area contributed by atoms with Crippen LogP contribution in [0.25, 0.3) is 0 Å². The second-order valence-corrected chi connectivity index (χ2v) is 6.41. The number of likely N-dealkylation sites (tertiary alicyclic amines) is 1. The predicted octanol–water partition coefficient (Wildman–Crippen LogP) is 2.44. The Morgan fingerprint density at radius 2 is 2.11 bits per heavy atom. The van der Waals surface area contributed by atoms with Crippen molar-refractivity contribution in [3.8, 4) is 0 Å². The molecule has 1 aliphatic heterocycles. The highest BCUT2D eigenvalue weighted by atomic mass is 79.9. The molecule has 1 aromatic rings. The summed E-state index contributed by atoms with van der Waals surface area (Å²) >= 11 is 9.24. The first kappa shape index (κ1) is 14.3. The largest absolute Gasteiger partial charge is 0.369 e. The third kappa shape index (κ3) is 2.92. The minimum Gasteiger partial charge on any atom is -0.369 e. The average Bonchev–Trinajstić information content (AvgIpc) is 2.71. The number of halogens is 2. The second-order valence-electron chi connectivity index (χ2n) is 5.06. The van der Waals surface area contributed by atoms with Gasteiger partial charge in [0.25, 0.3) is 5.91 Å². The normalized spacial score (nSPS) is 22.6. The van der Waals surface area contributed by atoms with Gasteiger partial charge in [0.15, 0.2) is 0 Å². The first-order chi connectivity index (χ1) is 8.82. The highest BCUT2D eigenvalue weighted by Gasteiger charge is 2.40. The van der Waals surface area contributed by atoms with E-state index in [4.69, 9.17) is 17.3 Å². The first-order valence-electron chi connectivity index (χ1n) is 5.87. The van der Waals surface area contributed by atoms with Crippen LogP contribution in [0.15, 0.2) is 22.7 Å². The Bertz CT molecular complexity index is 529. The van der Waals surface area contributed by atoms with Gasteiger partial charge in [-0.25, -0.2) is 0 Å². The maximum atomic E-state index is 12.4. The number of carbonyl (C=O) groups is 2. The summed E-state index contributed by atoms with van der Waals surface area (Å²) in [5.74, 6) is -0.497. The van der Waals surface area contributed by atoms with Gasteiger partial charge in [0.2, 0.25) is 5.91 Å². The zero-order valence-electron chi connectivity index (χ0n) is 10.5. The molecule has 0 saturated carbocycles. The van der Waals surface area contributed by atoms with E-state index in [9.17, 15) is 9.59 Å². The highest BCUT2D eigenvalue weighted by Crippen LogP contribution is 2.31. The Hall–Kier alpha value is -1.07. The van der Waals surface area contributed by atoms with Crippen molar-refractivity contribution in [2.24, 2.45) is 11.1 Å². The lowest BCUT2D eigenvalue weighted by atomic mass is 9.89. The SMILES string of the molecule is CC1(C(N)=O)CCN(C(=O)c2cc(Cl)cc(Br)c2)C1. The number of hydrogen-bond acceptors (Lipinski definition) is 2. The molecule has 102 valence electrons. The molecule has 6 heteroatoms. The lowest BCUT2D eigenvalue weighted by Crippen LogP contribution is -2.38. The molecule has 1 atom stereocenters. The van der Waals surface area contributed by atoms with Gasteiger partial charge in [0.05, 0.1) is 5.41 Å². The van der Waals surface area contributed by atoms with E-state index in [0.29, 0.717) is 30.1 Å². The monoisotopic (exact) mass is 344 g/mol. The summed E-state index contributed by atoms with van der Waals surface area (Å²) in [4.78, 5) is 25.4. The molecule has 1 aliphatic rings. The van der Waals surface area contributed by atoms with E-state index in [0.717, 1.165) is 4.47 Å². The van der Waals surface area contributed by atoms with Crippen LogP contribution in [0.5, 0.6) is 0 Å². The number of nitrogens with zero attached hydrogens (tertiary/aromatic N) is 1. The molecule has 0 bridgehead atoms. The van der Waals surface area contributed by atoms with Gasteiger partial charge in [-0.2, -0.15) is 0 Å². The quantitative estimate of drug-likeness (QED) is 0.895. The molecule has 1 fully saturated rings. The van der Waals surface area contributed by atoms with Crippen LogP contribution >= 0.6 is 27.5 Å². The van der Waals surface area contributed by atoms with Gasteiger partial charge in [-0.05, 0) is 31.5 Å². The first-order valence-corrected chi connectivity index (χ1v) is 7.04. The van der Waals surface area contributed by atoms with E-state index in [1.54, 1.807) is 30.0 Å². The second kappa shape index (κ2) is 5.13. The Balaban J connectivity index is 2.20. The average molecular weight is 346 g/mol. The van der Waals surface area contributed by atoms with E-state index in [1.807, 2.05) is 0 Å². The lowest BCUT2D eigenvalue weighted by molar-refractivity contribution is -0.126. The molecule has 2 rings (SSSR count). The molecule has 1 saturated heterocycles. The highest BCUT2D eigenvalue weighted by molar-refractivity contribution is 9.10. The fourth-order valence-corrected chi connectivity index (χ4v) is 3.06. The fourth-order valence-electron chi connectivity index (χ4n) is 2.20. The lowest BCUT2D eigenvalue weighted by Gasteiger charge is -2.21. The van der Waals surface area contributed by atoms with Crippen molar-refractivity contribution in [2.75, 3.05) is 13.1 Å². The Morgan fingerprint density at radius 3 is 2.63 bits per heavy atom.